The van der Waals surface area contributed by atoms with Gasteiger partial charge in [-0.2, -0.15) is 13.2 Å². The van der Waals surface area contributed by atoms with E-state index < -0.39 is 36.3 Å². The van der Waals surface area contributed by atoms with Gasteiger partial charge >= 0.3 is 6.18 Å². The van der Waals surface area contributed by atoms with Gasteiger partial charge in [-0.3, -0.25) is 10.1 Å². The fourth-order valence-corrected chi connectivity index (χ4v) is 5.72. The van der Waals surface area contributed by atoms with Gasteiger partial charge in [0.25, 0.3) is 5.91 Å². The molecule has 39 heavy (non-hydrogen) atoms. The van der Waals surface area contributed by atoms with E-state index in [0.717, 1.165) is 5.56 Å². The fraction of sp³-hybridized carbons (Fsp3) is 0.600. The molecule has 1 aromatic carbocycles. The number of carbonyl (C=O) groups excluding carboxylic acids is 1. The van der Waals surface area contributed by atoms with Gasteiger partial charge < -0.3 is 14.5 Å². The molecule has 0 radical (unpaired) electrons. The molecule has 4 heterocycles. The number of fused-ring (bicyclic) bond motifs is 2. The van der Waals surface area contributed by atoms with E-state index in [1.807, 2.05) is 0 Å². The lowest BCUT2D eigenvalue weighted by Gasteiger charge is -2.32. The summed E-state index contributed by atoms with van der Waals surface area (Å²) in [6.07, 6.45) is -5.29. The fourth-order valence-electron chi connectivity index (χ4n) is 5.72. The molecule has 3 aromatic rings. The minimum absolute atomic E-state index is 0.0285. The Labute approximate surface area is 218 Å². The van der Waals surface area contributed by atoms with Crippen LogP contribution in [-0.2, 0) is 11.2 Å². The molecule has 2 N–H and O–H groups in total. The number of hydrogen-bond acceptors (Lipinski definition) is 8. The third-order valence-corrected chi connectivity index (χ3v) is 7.91. The summed E-state index contributed by atoms with van der Waals surface area (Å²) in [6, 6.07) is 2.75. The van der Waals surface area contributed by atoms with E-state index in [2.05, 4.69) is 30.6 Å². The minimum atomic E-state index is -4.36. The molecule has 2 aliphatic heterocycles. The van der Waals surface area contributed by atoms with Crippen LogP contribution in [0.5, 0.6) is 0 Å². The molecule has 6 rings (SSSR count). The Morgan fingerprint density at radius 1 is 1.23 bits per heavy atom. The Hall–Kier alpha value is -3.13. The zero-order chi connectivity index (χ0) is 27.5. The Balaban J connectivity index is 1.24. The van der Waals surface area contributed by atoms with E-state index in [1.165, 1.54) is 0 Å². The Morgan fingerprint density at radius 2 is 2.00 bits per heavy atom. The molecule has 3 fully saturated rings. The average Bonchev–Trinajstić information content (AvgIpc) is 3.35. The first-order chi connectivity index (χ1) is 18.5. The number of nitrogens with one attached hydrogen (secondary N) is 2. The van der Waals surface area contributed by atoms with Gasteiger partial charge in [0.15, 0.2) is 11.3 Å². The van der Waals surface area contributed by atoms with Crippen LogP contribution in [0.25, 0.3) is 11.1 Å². The highest BCUT2D eigenvalue weighted by Crippen LogP contribution is 2.43. The number of hydrogen-bond donors (Lipinski definition) is 2. The van der Waals surface area contributed by atoms with E-state index in [4.69, 9.17) is 9.15 Å². The second-order valence-electron chi connectivity index (χ2n) is 10.7. The highest BCUT2D eigenvalue weighted by Gasteiger charge is 2.56. The van der Waals surface area contributed by atoms with Gasteiger partial charge in [0, 0.05) is 12.8 Å². The predicted octanol–water partition coefficient (Wildman–Crippen LogP) is 4.62. The molecule has 2 unspecified atom stereocenters. The topological polar surface area (TPSA) is 119 Å². The lowest BCUT2D eigenvalue weighted by atomic mass is 9.82. The number of aryl methyl sites for hydroxylation is 1. The quantitative estimate of drug-likeness (QED) is 0.334. The predicted molar refractivity (Wildman–Crippen MR) is 124 cm³/mol. The van der Waals surface area contributed by atoms with E-state index in [-0.39, 0.29) is 67.3 Å². The number of epoxide rings is 1. The average molecular weight is 556 g/mol. The van der Waals surface area contributed by atoms with Crippen LogP contribution in [0.2, 0.25) is 0 Å². The van der Waals surface area contributed by atoms with Gasteiger partial charge in [-0.1, -0.05) is 11.2 Å². The van der Waals surface area contributed by atoms with Gasteiger partial charge in [-0.15, -0.1) is 0 Å². The Kier molecular flexibility index (Phi) is 6.36. The van der Waals surface area contributed by atoms with Gasteiger partial charge in [-0.25, -0.2) is 18.4 Å². The Morgan fingerprint density at radius 3 is 2.69 bits per heavy atom. The number of benzene rings is 1. The number of piperidine rings is 1. The minimum Gasteiger partial charge on any atom is -0.438 e. The first-order valence-corrected chi connectivity index (χ1v) is 12.8. The van der Waals surface area contributed by atoms with Gasteiger partial charge in [0.05, 0.1) is 0 Å². The second-order valence-corrected chi connectivity index (χ2v) is 10.7. The van der Waals surface area contributed by atoms with Gasteiger partial charge in [0.1, 0.15) is 35.6 Å². The number of nitrogens with zero attached hydrogens (tertiary/aromatic N) is 3. The smallest absolute Gasteiger partial charge is 0.403 e. The van der Waals surface area contributed by atoms with Crippen molar-refractivity contribution in [1.82, 2.24) is 25.9 Å². The highest BCUT2D eigenvalue weighted by atomic mass is 19.4. The largest absolute Gasteiger partial charge is 0.438 e. The number of ether oxygens (including phenoxy) is 1. The molecule has 9 nitrogen and oxygen atoms in total. The lowest BCUT2D eigenvalue weighted by molar-refractivity contribution is -0.163. The molecule has 14 heteroatoms. The monoisotopic (exact) mass is 555 g/mol. The highest BCUT2D eigenvalue weighted by molar-refractivity contribution is 5.93. The Bertz CT molecular complexity index is 1360. The second kappa shape index (κ2) is 9.51. The van der Waals surface area contributed by atoms with Gasteiger partial charge in [-0.05, 0) is 67.3 Å². The van der Waals surface area contributed by atoms with Crippen molar-refractivity contribution in [3.05, 3.63) is 41.0 Å². The molecule has 2 aromatic heterocycles. The molecule has 1 amide bonds. The van der Waals surface area contributed by atoms with Crippen LogP contribution in [0.15, 0.2) is 27.2 Å². The van der Waals surface area contributed by atoms with Crippen molar-refractivity contribution in [1.29, 1.82) is 0 Å². The van der Waals surface area contributed by atoms with Crippen LogP contribution in [0.4, 0.5) is 22.0 Å². The van der Waals surface area contributed by atoms with E-state index in [1.54, 1.807) is 25.1 Å². The molecule has 1 aliphatic carbocycles. The first-order valence-electron chi connectivity index (χ1n) is 12.8. The summed E-state index contributed by atoms with van der Waals surface area (Å²) in [6.45, 7) is 1.55. The van der Waals surface area contributed by atoms with Crippen LogP contribution >= 0.6 is 0 Å². The van der Waals surface area contributed by atoms with Gasteiger partial charge in [0.2, 0.25) is 11.8 Å². The molecule has 210 valence electrons. The molecular formula is C25H26F5N5O4. The zero-order valence-corrected chi connectivity index (χ0v) is 20.8. The zero-order valence-electron chi connectivity index (χ0n) is 20.8. The molecule has 3 aliphatic rings. The van der Waals surface area contributed by atoms with E-state index >= 15 is 0 Å². The number of carbonyl (C=O) groups is 1. The summed E-state index contributed by atoms with van der Waals surface area (Å²) in [5.74, 6) is -3.88. The van der Waals surface area contributed by atoms with Crippen LogP contribution in [0, 0.1) is 18.8 Å². The number of aromatic nitrogens is 3. The third-order valence-electron chi connectivity index (χ3n) is 7.91. The summed E-state index contributed by atoms with van der Waals surface area (Å²) in [5, 5.41) is 12.5. The summed E-state index contributed by atoms with van der Waals surface area (Å²) in [5.41, 5.74) is 1.88. The third kappa shape index (κ3) is 5.36. The number of rotatable bonds is 6. The molecule has 2 saturated heterocycles. The first kappa shape index (κ1) is 26.1. The molecular weight excluding hydrogens is 529 g/mol. The molecule has 5 atom stereocenters. The summed E-state index contributed by atoms with van der Waals surface area (Å²) >= 11 is 0. The van der Waals surface area contributed by atoms with Crippen LogP contribution in [-0.4, -0.2) is 51.7 Å². The lowest BCUT2D eigenvalue weighted by Crippen LogP contribution is -2.50. The van der Waals surface area contributed by atoms with Crippen molar-refractivity contribution in [2.45, 2.75) is 82.0 Å². The maximum atomic E-state index is 13.9. The number of alkyl halides is 5. The number of halogens is 5. The van der Waals surface area contributed by atoms with Crippen LogP contribution in [0.1, 0.15) is 65.8 Å². The molecule has 0 spiro atoms. The number of amides is 1. The molecule has 0 bridgehead atoms. The van der Waals surface area contributed by atoms with Crippen molar-refractivity contribution in [3.8, 4) is 0 Å². The summed E-state index contributed by atoms with van der Waals surface area (Å²) in [4.78, 5) is 17.5. The van der Waals surface area contributed by atoms with Crippen LogP contribution in [0.3, 0.4) is 0 Å². The van der Waals surface area contributed by atoms with Crippen molar-refractivity contribution in [2.24, 2.45) is 11.8 Å². The summed E-state index contributed by atoms with van der Waals surface area (Å²) in [7, 11) is 0. The number of oxazole rings is 1. The van der Waals surface area contributed by atoms with Crippen molar-refractivity contribution < 1.29 is 40.5 Å². The normalized spacial score (nSPS) is 27.7. The van der Waals surface area contributed by atoms with Crippen molar-refractivity contribution >= 4 is 17.0 Å². The maximum absolute atomic E-state index is 13.9. The summed E-state index contributed by atoms with van der Waals surface area (Å²) < 4.78 is 83.7. The van der Waals surface area contributed by atoms with Crippen molar-refractivity contribution in [2.75, 3.05) is 0 Å². The van der Waals surface area contributed by atoms with Crippen molar-refractivity contribution in [3.63, 3.8) is 0 Å². The molecule has 1 saturated carbocycles. The van der Waals surface area contributed by atoms with E-state index in [0.29, 0.717) is 17.5 Å². The maximum Gasteiger partial charge on any atom is 0.403 e. The van der Waals surface area contributed by atoms with E-state index in [9.17, 15) is 26.7 Å². The standard InChI is InChI=1S/C25H26F5N5O4/c1-11-18(35-39-34-11)21(36)33-19(13-4-6-24(26,27)7-5-13)22-31-15-9-12(2-3-16(15)37-22)8-14-10-17(25(28,29)30)32-23-20(14)38-23/h2-3,9,13-14,17,19-20,23,32H,4-8,10H2,1H3,(H,33,36)/t14-,17-,19-,20?,23?/m0/s1. The van der Waals surface area contributed by atoms with Crippen LogP contribution < -0.4 is 10.6 Å². The SMILES string of the molecule is Cc1nonc1C(=O)N[C@H](c1nc2cc(C[C@H]3C[C@@H](C(F)(F)F)NC4OC43)ccc2o1)C1CCC(F)(F)CC1.